The molecule has 0 heterocycles. The molecule has 1 saturated carbocycles. The molecular formula is C13H25ClO2. The Hall–Kier alpha value is 0.210. The maximum absolute atomic E-state index is 5.87. The van der Waals surface area contributed by atoms with Gasteiger partial charge in [-0.2, -0.15) is 0 Å². The first-order chi connectivity index (χ1) is 7.53. The molecule has 0 aromatic rings. The summed E-state index contributed by atoms with van der Waals surface area (Å²) in [4.78, 5) is 0. The second-order valence-electron chi connectivity index (χ2n) is 5.71. The Morgan fingerprint density at radius 1 is 1.19 bits per heavy atom. The minimum atomic E-state index is 0.415. The van der Waals surface area contributed by atoms with E-state index in [2.05, 4.69) is 20.8 Å². The fourth-order valence-corrected chi connectivity index (χ4v) is 2.92. The first kappa shape index (κ1) is 14.3. The van der Waals surface area contributed by atoms with Crippen LogP contribution in [0.25, 0.3) is 0 Å². The molecule has 1 aliphatic carbocycles. The number of hydrogen-bond donors (Lipinski definition) is 0. The van der Waals surface area contributed by atoms with E-state index in [1.807, 2.05) is 0 Å². The second kappa shape index (κ2) is 6.83. The highest BCUT2D eigenvalue weighted by atomic mass is 35.5. The van der Waals surface area contributed by atoms with E-state index in [4.69, 9.17) is 21.1 Å². The Kier molecular flexibility index (Phi) is 6.09. The highest BCUT2D eigenvalue weighted by Crippen LogP contribution is 2.39. The third-order valence-corrected chi connectivity index (χ3v) is 3.30. The lowest BCUT2D eigenvalue weighted by Crippen LogP contribution is -2.33. The molecule has 2 unspecified atom stereocenters. The van der Waals surface area contributed by atoms with E-state index >= 15 is 0 Å². The maximum Gasteiger partial charge on any atom is 0.0704 e. The molecule has 0 amide bonds. The Morgan fingerprint density at radius 3 is 2.56 bits per heavy atom. The maximum atomic E-state index is 5.87. The summed E-state index contributed by atoms with van der Waals surface area (Å²) in [5.41, 5.74) is 0.430. The fraction of sp³-hybridized carbons (Fsp3) is 1.00. The predicted octanol–water partition coefficient (Wildman–Crippen LogP) is 3.47. The van der Waals surface area contributed by atoms with Crippen molar-refractivity contribution < 1.29 is 9.47 Å². The molecule has 16 heavy (non-hydrogen) atoms. The van der Waals surface area contributed by atoms with Gasteiger partial charge in [-0.15, -0.1) is 11.6 Å². The number of rotatable bonds is 6. The highest BCUT2D eigenvalue weighted by molar-refractivity contribution is 6.17. The van der Waals surface area contributed by atoms with Crippen molar-refractivity contribution in [3.63, 3.8) is 0 Å². The first-order valence-electron chi connectivity index (χ1n) is 6.29. The molecule has 0 N–H and O–H groups in total. The van der Waals surface area contributed by atoms with Gasteiger partial charge < -0.3 is 9.47 Å². The summed E-state index contributed by atoms with van der Waals surface area (Å²) in [6, 6.07) is 0. The van der Waals surface area contributed by atoms with E-state index in [1.165, 1.54) is 19.3 Å². The lowest BCUT2D eigenvalue weighted by molar-refractivity contribution is -0.0432. The average molecular weight is 249 g/mol. The molecule has 1 fully saturated rings. The van der Waals surface area contributed by atoms with Crippen molar-refractivity contribution in [2.75, 3.05) is 25.7 Å². The monoisotopic (exact) mass is 248 g/mol. The van der Waals surface area contributed by atoms with Crippen LogP contribution in [0.1, 0.15) is 40.0 Å². The Bertz CT molecular complexity index is 194. The van der Waals surface area contributed by atoms with Crippen molar-refractivity contribution in [3.8, 4) is 0 Å². The van der Waals surface area contributed by atoms with Gasteiger partial charge in [-0.25, -0.2) is 0 Å². The number of hydrogen-bond acceptors (Lipinski definition) is 2. The smallest absolute Gasteiger partial charge is 0.0704 e. The summed E-state index contributed by atoms with van der Waals surface area (Å²) in [7, 11) is 0. The van der Waals surface area contributed by atoms with Gasteiger partial charge in [-0.05, 0) is 30.6 Å². The molecule has 0 radical (unpaired) electrons. The third kappa shape index (κ3) is 5.51. The lowest BCUT2D eigenvalue weighted by atomic mass is 9.71. The minimum absolute atomic E-state index is 0.415. The van der Waals surface area contributed by atoms with Crippen molar-refractivity contribution in [2.24, 2.45) is 11.3 Å². The number of alkyl halides is 1. The summed E-state index contributed by atoms with van der Waals surface area (Å²) in [5, 5.41) is 0. The predicted molar refractivity (Wildman–Crippen MR) is 68.1 cm³/mol. The molecule has 0 aromatic carbocycles. The number of halogens is 1. The van der Waals surface area contributed by atoms with Gasteiger partial charge in [0.1, 0.15) is 0 Å². The van der Waals surface area contributed by atoms with Gasteiger partial charge >= 0.3 is 0 Å². The molecule has 2 atom stereocenters. The van der Waals surface area contributed by atoms with Gasteiger partial charge in [0.05, 0.1) is 25.9 Å². The van der Waals surface area contributed by atoms with Gasteiger partial charge in [0, 0.05) is 5.88 Å². The molecular weight excluding hydrogens is 224 g/mol. The van der Waals surface area contributed by atoms with Crippen molar-refractivity contribution in [1.29, 1.82) is 0 Å². The minimum Gasteiger partial charge on any atom is -0.378 e. The molecule has 0 spiro atoms. The molecule has 96 valence electrons. The summed E-state index contributed by atoms with van der Waals surface area (Å²) in [6.45, 7) is 8.98. The SMILES string of the molecule is CC1CC(OCCOCCCl)CC(C)(C)C1. The van der Waals surface area contributed by atoms with Crippen LogP contribution in [0.15, 0.2) is 0 Å². The zero-order valence-electron chi connectivity index (χ0n) is 10.8. The van der Waals surface area contributed by atoms with Crippen LogP contribution < -0.4 is 0 Å². The quantitative estimate of drug-likeness (QED) is 0.529. The van der Waals surface area contributed by atoms with Gasteiger partial charge in [0.2, 0.25) is 0 Å². The van der Waals surface area contributed by atoms with E-state index < -0.39 is 0 Å². The molecule has 1 aliphatic rings. The van der Waals surface area contributed by atoms with Crippen LogP contribution >= 0.6 is 11.6 Å². The van der Waals surface area contributed by atoms with E-state index in [0.29, 0.717) is 37.2 Å². The first-order valence-corrected chi connectivity index (χ1v) is 6.82. The van der Waals surface area contributed by atoms with Crippen LogP contribution in [0.3, 0.4) is 0 Å². The highest BCUT2D eigenvalue weighted by Gasteiger charge is 2.32. The van der Waals surface area contributed by atoms with Crippen LogP contribution in [0.5, 0.6) is 0 Å². The zero-order chi connectivity index (χ0) is 12.0. The van der Waals surface area contributed by atoms with Crippen molar-refractivity contribution in [3.05, 3.63) is 0 Å². The third-order valence-electron chi connectivity index (χ3n) is 3.15. The van der Waals surface area contributed by atoms with Crippen molar-refractivity contribution in [2.45, 2.75) is 46.1 Å². The molecule has 0 saturated heterocycles. The second-order valence-corrected chi connectivity index (χ2v) is 6.09. The van der Waals surface area contributed by atoms with E-state index in [-0.39, 0.29) is 0 Å². The molecule has 0 aromatic heterocycles. The summed E-state index contributed by atoms with van der Waals surface area (Å²) < 4.78 is 11.2. The van der Waals surface area contributed by atoms with Crippen molar-refractivity contribution >= 4 is 11.6 Å². The van der Waals surface area contributed by atoms with Gasteiger partial charge in [0.25, 0.3) is 0 Å². The van der Waals surface area contributed by atoms with Crippen molar-refractivity contribution in [1.82, 2.24) is 0 Å². The fourth-order valence-electron chi connectivity index (χ4n) is 2.82. The van der Waals surface area contributed by atoms with Gasteiger partial charge in [-0.3, -0.25) is 0 Å². The standard InChI is InChI=1S/C13H25ClO2/c1-11-8-12(10-13(2,3)9-11)16-7-6-15-5-4-14/h11-12H,4-10H2,1-3H3. The molecule has 0 bridgehead atoms. The van der Waals surface area contributed by atoms with Crippen LogP contribution in [0, 0.1) is 11.3 Å². The van der Waals surface area contributed by atoms with Crippen LogP contribution in [-0.4, -0.2) is 31.8 Å². The van der Waals surface area contributed by atoms with E-state index in [1.54, 1.807) is 0 Å². The van der Waals surface area contributed by atoms with Gasteiger partial charge in [0.15, 0.2) is 0 Å². The average Bonchev–Trinajstić information content (AvgIpc) is 2.14. The Labute approximate surface area is 105 Å². The van der Waals surface area contributed by atoms with Crippen LogP contribution in [0.2, 0.25) is 0 Å². The number of ether oxygens (including phenoxy) is 2. The Morgan fingerprint density at radius 2 is 1.94 bits per heavy atom. The van der Waals surface area contributed by atoms with Gasteiger partial charge in [-0.1, -0.05) is 20.8 Å². The summed E-state index contributed by atoms with van der Waals surface area (Å²) >= 11 is 5.52. The largest absolute Gasteiger partial charge is 0.378 e. The van der Waals surface area contributed by atoms with E-state index in [9.17, 15) is 0 Å². The summed E-state index contributed by atoms with van der Waals surface area (Å²) in [5.74, 6) is 1.34. The molecule has 3 heteroatoms. The molecule has 1 rings (SSSR count). The summed E-state index contributed by atoms with van der Waals surface area (Å²) in [6.07, 6.45) is 4.10. The normalized spacial score (nSPS) is 29.2. The van der Waals surface area contributed by atoms with Crippen LogP contribution in [-0.2, 0) is 9.47 Å². The molecule has 2 nitrogen and oxygen atoms in total. The van der Waals surface area contributed by atoms with E-state index in [0.717, 1.165) is 5.92 Å². The molecule has 0 aliphatic heterocycles. The zero-order valence-corrected chi connectivity index (χ0v) is 11.6. The Balaban J connectivity index is 2.16. The van der Waals surface area contributed by atoms with Crippen LogP contribution in [0.4, 0.5) is 0 Å². The lowest BCUT2D eigenvalue weighted by Gasteiger charge is -2.38. The topological polar surface area (TPSA) is 18.5 Å².